The van der Waals surface area contributed by atoms with Crippen molar-refractivity contribution in [2.45, 2.75) is 19.3 Å². The van der Waals surface area contributed by atoms with Crippen molar-refractivity contribution in [1.82, 2.24) is 0 Å². The predicted octanol–water partition coefficient (Wildman–Crippen LogP) is 4.33. The molecule has 5 heteroatoms. The molecule has 1 amide bonds. The Balaban J connectivity index is 1.62. The Morgan fingerprint density at radius 3 is 2.38 bits per heavy atom. The first-order chi connectivity index (χ1) is 11.7. The summed E-state index contributed by atoms with van der Waals surface area (Å²) in [7, 11) is 0. The van der Waals surface area contributed by atoms with Crippen molar-refractivity contribution >= 4 is 45.6 Å². The summed E-state index contributed by atoms with van der Waals surface area (Å²) < 4.78 is 1.04. The van der Waals surface area contributed by atoms with Gasteiger partial charge in [-0.2, -0.15) is 0 Å². The number of nitrogens with zero attached hydrogens (tertiary/aromatic N) is 1. The smallest absolute Gasteiger partial charge is 0.243 e. The van der Waals surface area contributed by atoms with Gasteiger partial charge in [0.1, 0.15) is 0 Å². The molecule has 0 unspecified atom stereocenters. The average Bonchev–Trinajstić information content (AvgIpc) is 2.63. The molecular weight excluding hydrogens is 413 g/mol. The molecule has 0 bridgehead atoms. The van der Waals surface area contributed by atoms with Crippen molar-refractivity contribution < 1.29 is 4.79 Å². The summed E-state index contributed by atoms with van der Waals surface area (Å²) in [6, 6.07) is 16.0. The van der Waals surface area contributed by atoms with Crippen LogP contribution in [-0.2, 0) is 4.79 Å². The molecule has 0 aliphatic carbocycles. The van der Waals surface area contributed by atoms with Crippen LogP contribution in [0.5, 0.6) is 0 Å². The number of rotatable bonds is 5. The van der Waals surface area contributed by atoms with Gasteiger partial charge in [0.15, 0.2) is 0 Å². The summed E-state index contributed by atoms with van der Waals surface area (Å²) in [5.41, 5.74) is 3.07. The van der Waals surface area contributed by atoms with Crippen molar-refractivity contribution in [2.75, 3.05) is 35.2 Å². The van der Waals surface area contributed by atoms with Crippen LogP contribution >= 0.6 is 22.6 Å². The molecule has 2 aromatic rings. The maximum absolute atomic E-state index is 12.2. The van der Waals surface area contributed by atoms with Crippen LogP contribution in [0.1, 0.15) is 19.3 Å². The maximum Gasteiger partial charge on any atom is 0.243 e. The van der Waals surface area contributed by atoms with Crippen LogP contribution < -0.4 is 15.5 Å². The van der Waals surface area contributed by atoms with Crippen LogP contribution in [0, 0.1) is 3.57 Å². The zero-order valence-corrected chi connectivity index (χ0v) is 15.8. The molecule has 3 rings (SSSR count). The van der Waals surface area contributed by atoms with Gasteiger partial charge in [0.25, 0.3) is 0 Å². The van der Waals surface area contributed by atoms with Crippen molar-refractivity contribution in [1.29, 1.82) is 0 Å². The molecule has 0 atom stereocenters. The molecule has 4 nitrogen and oxygen atoms in total. The number of hydrogen-bond donors (Lipinski definition) is 2. The second-order valence-corrected chi connectivity index (χ2v) is 7.11. The van der Waals surface area contributed by atoms with Gasteiger partial charge < -0.3 is 15.5 Å². The van der Waals surface area contributed by atoms with E-state index >= 15 is 0 Å². The highest BCUT2D eigenvalue weighted by molar-refractivity contribution is 14.1. The van der Waals surface area contributed by atoms with Crippen LogP contribution in [-0.4, -0.2) is 25.5 Å². The summed E-state index contributed by atoms with van der Waals surface area (Å²) in [6.45, 7) is 2.44. The molecule has 24 heavy (non-hydrogen) atoms. The molecule has 2 N–H and O–H groups in total. The lowest BCUT2D eigenvalue weighted by Gasteiger charge is -2.30. The van der Waals surface area contributed by atoms with E-state index in [1.165, 1.54) is 24.9 Å². The second kappa shape index (κ2) is 8.37. The third-order valence-corrected chi connectivity index (χ3v) is 5.13. The van der Waals surface area contributed by atoms with E-state index in [9.17, 15) is 4.79 Å². The van der Waals surface area contributed by atoms with E-state index in [0.717, 1.165) is 28.0 Å². The molecule has 1 heterocycles. The summed E-state index contributed by atoms with van der Waals surface area (Å²) >= 11 is 2.23. The fraction of sp³-hybridized carbons (Fsp3) is 0.316. The molecule has 0 saturated carbocycles. The Kier molecular flexibility index (Phi) is 5.96. The van der Waals surface area contributed by atoms with Gasteiger partial charge in [-0.1, -0.05) is 24.3 Å². The zero-order chi connectivity index (χ0) is 16.8. The van der Waals surface area contributed by atoms with Crippen molar-refractivity contribution in [3.63, 3.8) is 0 Å². The summed E-state index contributed by atoms with van der Waals surface area (Å²) in [5, 5.41) is 6.25. The minimum atomic E-state index is -0.0347. The SMILES string of the molecule is O=C(CNc1ccccc1N1CCCCC1)Nc1ccccc1I. The number of carbonyl (C=O) groups excluding carboxylic acids is 1. The molecule has 1 fully saturated rings. The Bertz CT molecular complexity index is 699. The number of anilines is 3. The fourth-order valence-electron chi connectivity index (χ4n) is 2.97. The van der Waals surface area contributed by atoms with Crippen molar-refractivity contribution in [3.8, 4) is 0 Å². The largest absolute Gasteiger partial charge is 0.374 e. The number of amides is 1. The Labute approximate surface area is 156 Å². The van der Waals surface area contributed by atoms with Gasteiger partial charge in [0.05, 0.1) is 23.6 Å². The Morgan fingerprint density at radius 1 is 0.958 bits per heavy atom. The quantitative estimate of drug-likeness (QED) is 0.688. The van der Waals surface area contributed by atoms with Crippen molar-refractivity contribution in [3.05, 3.63) is 52.1 Å². The monoisotopic (exact) mass is 435 g/mol. The van der Waals surface area contributed by atoms with E-state index in [1.807, 2.05) is 36.4 Å². The van der Waals surface area contributed by atoms with Crippen LogP contribution in [0.4, 0.5) is 17.1 Å². The Morgan fingerprint density at radius 2 is 1.62 bits per heavy atom. The predicted molar refractivity (Wildman–Crippen MR) is 109 cm³/mol. The third kappa shape index (κ3) is 4.41. The van der Waals surface area contributed by atoms with Crippen LogP contribution in [0.3, 0.4) is 0 Å². The molecule has 0 spiro atoms. The number of hydrogen-bond acceptors (Lipinski definition) is 3. The molecule has 0 radical (unpaired) electrons. The minimum Gasteiger partial charge on any atom is -0.374 e. The van der Waals surface area contributed by atoms with E-state index < -0.39 is 0 Å². The number of piperidine rings is 1. The zero-order valence-electron chi connectivity index (χ0n) is 13.6. The minimum absolute atomic E-state index is 0.0347. The lowest BCUT2D eigenvalue weighted by molar-refractivity contribution is -0.114. The van der Waals surface area contributed by atoms with E-state index in [0.29, 0.717) is 0 Å². The van der Waals surface area contributed by atoms with Crippen LogP contribution in [0.15, 0.2) is 48.5 Å². The average molecular weight is 435 g/mol. The first kappa shape index (κ1) is 17.1. The first-order valence-electron chi connectivity index (χ1n) is 8.36. The standard InChI is InChI=1S/C19H22IN3O/c20-15-8-2-3-9-16(15)22-19(24)14-21-17-10-4-5-11-18(17)23-12-6-1-7-13-23/h2-5,8-11,21H,1,6-7,12-14H2,(H,22,24). The van der Waals surface area contributed by atoms with Gasteiger partial charge in [0.2, 0.25) is 5.91 Å². The van der Waals surface area contributed by atoms with Gasteiger partial charge in [-0.15, -0.1) is 0 Å². The van der Waals surface area contributed by atoms with Crippen molar-refractivity contribution in [2.24, 2.45) is 0 Å². The van der Waals surface area contributed by atoms with E-state index in [-0.39, 0.29) is 12.5 Å². The number of halogens is 1. The maximum atomic E-state index is 12.2. The molecule has 1 aliphatic heterocycles. The highest BCUT2D eigenvalue weighted by Crippen LogP contribution is 2.28. The lowest BCUT2D eigenvalue weighted by Crippen LogP contribution is -2.30. The van der Waals surface area contributed by atoms with Gasteiger partial charge in [-0.05, 0) is 66.1 Å². The molecule has 1 aliphatic rings. The summed E-state index contributed by atoms with van der Waals surface area (Å²) in [4.78, 5) is 14.6. The lowest BCUT2D eigenvalue weighted by atomic mass is 10.1. The topological polar surface area (TPSA) is 44.4 Å². The van der Waals surface area contributed by atoms with Gasteiger partial charge in [0, 0.05) is 16.7 Å². The van der Waals surface area contributed by atoms with E-state index in [1.54, 1.807) is 0 Å². The fourth-order valence-corrected chi connectivity index (χ4v) is 3.49. The Hall–Kier alpha value is -1.76. The van der Waals surface area contributed by atoms with E-state index in [4.69, 9.17) is 0 Å². The first-order valence-corrected chi connectivity index (χ1v) is 9.44. The summed E-state index contributed by atoms with van der Waals surface area (Å²) in [5.74, 6) is -0.0347. The number of carbonyl (C=O) groups is 1. The van der Waals surface area contributed by atoms with Gasteiger partial charge in [-0.25, -0.2) is 0 Å². The van der Waals surface area contributed by atoms with Crippen LogP contribution in [0.25, 0.3) is 0 Å². The second-order valence-electron chi connectivity index (χ2n) is 5.95. The third-order valence-electron chi connectivity index (χ3n) is 4.19. The highest BCUT2D eigenvalue weighted by atomic mass is 127. The normalized spacial score (nSPS) is 14.3. The highest BCUT2D eigenvalue weighted by Gasteiger charge is 2.14. The van der Waals surface area contributed by atoms with Crippen LogP contribution in [0.2, 0.25) is 0 Å². The molecular formula is C19H22IN3O. The molecule has 126 valence electrons. The number of nitrogens with one attached hydrogen (secondary N) is 2. The van der Waals surface area contributed by atoms with Gasteiger partial charge in [-0.3, -0.25) is 4.79 Å². The number of benzene rings is 2. The van der Waals surface area contributed by atoms with Gasteiger partial charge >= 0.3 is 0 Å². The molecule has 0 aromatic heterocycles. The van der Waals surface area contributed by atoms with E-state index in [2.05, 4.69) is 50.3 Å². The molecule has 2 aromatic carbocycles. The molecule has 1 saturated heterocycles. The summed E-state index contributed by atoms with van der Waals surface area (Å²) in [6.07, 6.45) is 3.78. The number of para-hydroxylation sites is 3.